The normalized spacial score (nSPS) is 12.9. The van der Waals surface area contributed by atoms with Crippen molar-refractivity contribution in [2.75, 3.05) is 11.9 Å². The van der Waals surface area contributed by atoms with E-state index in [4.69, 9.17) is 0 Å². The second kappa shape index (κ2) is 5.63. The fourth-order valence-corrected chi connectivity index (χ4v) is 2.85. The molecule has 0 radical (unpaired) electrons. The Bertz CT molecular complexity index is 538. The van der Waals surface area contributed by atoms with Crippen molar-refractivity contribution in [2.45, 2.75) is 39.7 Å². The molecule has 98 valence electrons. The lowest BCUT2D eigenvalue weighted by Crippen LogP contribution is -2.13. The van der Waals surface area contributed by atoms with Gasteiger partial charge in [-0.1, -0.05) is 6.92 Å². The minimum Gasteiger partial charge on any atom is -0.393 e. The highest BCUT2D eigenvalue weighted by atomic mass is 32.1. The smallest absolute Gasteiger partial charge is 0.138 e. The SMILES string of the molecule is CCC(O)CCNc1nc(C)nc2scc(C)c12. The first-order chi connectivity index (χ1) is 8.61. The minimum absolute atomic E-state index is 0.237. The van der Waals surface area contributed by atoms with Crippen molar-refractivity contribution in [1.29, 1.82) is 0 Å². The van der Waals surface area contributed by atoms with Crippen LogP contribution in [0.2, 0.25) is 0 Å². The molecule has 0 spiro atoms. The molecule has 0 aliphatic heterocycles. The van der Waals surface area contributed by atoms with Gasteiger partial charge in [-0.15, -0.1) is 11.3 Å². The molecule has 18 heavy (non-hydrogen) atoms. The van der Waals surface area contributed by atoms with E-state index in [0.29, 0.717) is 0 Å². The second-order valence-electron chi connectivity index (χ2n) is 4.50. The van der Waals surface area contributed by atoms with Crippen LogP contribution in [0.1, 0.15) is 31.2 Å². The fourth-order valence-electron chi connectivity index (χ4n) is 1.88. The molecular formula is C13H19N3OS. The monoisotopic (exact) mass is 265 g/mol. The number of nitrogens with zero attached hydrogens (tertiary/aromatic N) is 2. The molecule has 0 aliphatic carbocycles. The van der Waals surface area contributed by atoms with Crippen molar-refractivity contribution in [3.63, 3.8) is 0 Å². The Hall–Kier alpha value is -1.20. The summed E-state index contributed by atoms with van der Waals surface area (Å²) in [5.41, 5.74) is 1.20. The number of aliphatic hydroxyl groups excluding tert-OH is 1. The molecular weight excluding hydrogens is 246 g/mol. The predicted octanol–water partition coefficient (Wildman–Crippen LogP) is 2.88. The zero-order chi connectivity index (χ0) is 13.1. The van der Waals surface area contributed by atoms with Crippen LogP contribution in [0.4, 0.5) is 5.82 Å². The molecule has 2 rings (SSSR count). The van der Waals surface area contributed by atoms with E-state index in [2.05, 4.69) is 27.6 Å². The van der Waals surface area contributed by atoms with E-state index in [1.54, 1.807) is 11.3 Å². The second-order valence-corrected chi connectivity index (χ2v) is 5.35. The highest BCUT2D eigenvalue weighted by molar-refractivity contribution is 7.17. The Labute approximate surface area is 111 Å². The fraction of sp³-hybridized carbons (Fsp3) is 0.538. The zero-order valence-corrected chi connectivity index (χ0v) is 11.8. The summed E-state index contributed by atoms with van der Waals surface area (Å²) in [4.78, 5) is 9.92. The van der Waals surface area contributed by atoms with Gasteiger partial charge in [0, 0.05) is 6.54 Å². The van der Waals surface area contributed by atoms with Crippen molar-refractivity contribution < 1.29 is 5.11 Å². The van der Waals surface area contributed by atoms with Crippen LogP contribution in [0.3, 0.4) is 0 Å². The summed E-state index contributed by atoms with van der Waals surface area (Å²) in [6.45, 7) is 6.70. The lowest BCUT2D eigenvalue weighted by atomic mass is 10.2. The van der Waals surface area contributed by atoms with E-state index >= 15 is 0 Å². The zero-order valence-electron chi connectivity index (χ0n) is 11.0. The molecule has 0 aliphatic rings. The van der Waals surface area contributed by atoms with E-state index < -0.39 is 0 Å². The molecule has 0 aromatic carbocycles. The Morgan fingerprint density at radius 2 is 2.17 bits per heavy atom. The number of rotatable bonds is 5. The van der Waals surface area contributed by atoms with Crippen LogP contribution in [0.25, 0.3) is 10.2 Å². The third-order valence-electron chi connectivity index (χ3n) is 2.97. The van der Waals surface area contributed by atoms with Crippen molar-refractivity contribution in [3.8, 4) is 0 Å². The average Bonchev–Trinajstić information content (AvgIpc) is 2.70. The summed E-state index contributed by atoms with van der Waals surface area (Å²) in [6, 6.07) is 0. The van der Waals surface area contributed by atoms with Crippen molar-refractivity contribution in [1.82, 2.24) is 9.97 Å². The molecule has 5 heteroatoms. The number of hydrogen-bond acceptors (Lipinski definition) is 5. The maximum atomic E-state index is 9.55. The highest BCUT2D eigenvalue weighted by Crippen LogP contribution is 2.29. The van der Waals surface area contributed by atoms with Gasteiger partial charge < -0.3 is 10.4 Å². The maximum Gasteiger partial charge on any atom is 0.138 e. The third-order valence-corrected chi connectivity index (χ3v) is 3.96. The van der Waals surface area contributed by atoms with E-state index in [9.17, 15) is 5.11 Å². The molecule has 2 heterocycles. The molecule has 2 N–H and O–H groups in total. The first-order valence-electron chi connectivity index (χ1n) is 6.26. The average molecular weight is 265 g/mol. The van der Waals surface area contributed by atoms with Crippen molar-refractivity contribution >= 4 is 27.4 Å². The van der Waals surface area contributed by atoms with Gasteiger partial charge in [0.1, 0.15) is 16.5 Å². The van der Waals surface area contributed by atoms with Crippen LogP contribution in [0.5, 0.6) is 0 Å². The number of fused-ring (bicyclic) bond motifs is 1. The molecule has 0 fully saturated rings. The molecule has 0 amide bonds. The van der Waals surface area contributed by atoms with Crippen LogP contribution in [-0.2, 0) is 0 Å². The van der Waals surface area contributed by atoms with Crippen LogP contribution < -0.4 is 5.32 Å². The molecule has 0 saturated heterocycles. The van der Waals surface area contributed by atoms with E-state index in [0.717, 1.165) is 41.2 Å². The van der Waals surface area contributed by atoms with Gasteiger partial charge >= 0.3 is 0 Å². The summed E-state index contributed by atoms with van der Waals surface area (Å²) >= 11 is 1.65. The predicted molar refractivity (Wildman–Crippen MR) is 76.3 cm³/mol. The number of aliphatic hydroxyl groups is 1. The van der Waals surface area contributed by atoms with Gasteiger partial charge in [0.05, 0.1) is 11.5 Å². The highest BCUT2D eigenvalue weighted by Gasteiger charge is 2.10. The van der Waals surface area contributed by atoms with E-state index in [1.807, 2.05) is 13.8 Å². The summed E-state index contributed by atoms with van der Waals surface area (Å²) in [7, 11) is 0. The van der Waals surface area contributed by atoms with Crippen molar-refractivity contribution in [3.05, 3.63) is 16.8 Å². The van der Waals surface area contributed by atoms with Crippen molar-refractivity contribution in [2.24, 2.45) is 0 Å². The Morgan fingerprint density at radius 1 is 1.39 bits per heavy atom. The van der Waals surface area contributed by atoms with Gasteiger partial charge in [0.15, 0.2) is 0 Å². The number of thiophene rings is 1. The lowest BCUT2D eigenvalue weighted by Gasteiger charge is -2.10. The standard InChI is InChI=1S/C13H19N3OS/c1-4-10(17)5-6-14-12-11-8(2)7-18-13(11)16-9(3)15-12/h7,10,17H,4-6H2,1-3H3,(H,14,15,16). The molecule has 1 unspecified atom stereocenters. The number of aromatic nitrogens is 2. The Balaban J connectivity index is 2.18. The Kier molecular flexibility index (Phi) is 4.14. The topological polar surface area (TPSA) is 58.0 Å². The quantitative estimate of drug-likeness (QED) is 0.872. The van der Waals surface area contributed by atoms with Gasteiger partial charge in [-0.2, -0.15) is 0 Å². The largest absolute Gasteiger partial charge is 0.393 e. The van der Waals surface area contributed by atoms with Gasteiger partial charge in [-0.25, -0.2) is 9.97 Å². The Morgan fingerprint density at radius 3 is 2.89 bits per heavy atom. The summed E-state index contributed by atoms with van der Waals surface area (Å²) in [5.74, 6) is 1.67. The van der Waals surface area contributed by atoms with Crippen LogP contribution in [0, 0.1) is 13.8 Å². The van der Waals surface area contributed by atoms with Crippen LogP contribution in [-0.4, -0.2) is 27.7 Å². The maximum absolute atomic E-state index is 9.55. The van der Waals surface area contributed by atoms with Gasteiger partial charge in [0.2, 0.25) is 0 Å². The van der Waals surface area contributed by atoms with Crippen LogP contribution >= 0.6 is 11.3 Å². The molecule has 2 aromatic heterocycles. The first kappa shape index (κ1) is 13.2. The van der Waals surface area contributed by atoms with Crippen LogP contribution in [0.15, 0.2) is 5.38 Å². The van der Waals surface area contributed by atoms with Gasteiger partial charge in [0.25, 0.3) is 0 Å². The lowest BCUT2D eigenvalue weighted by molar-refractivity contribution is 0.164. The number of anilines is 1. The minimum atomic E-state index is -0.237. The summed E-state index contributed by atoms with van der Waals surface area (Å²) in [6.07, 6.45) is 1.29. The van der Waals surface area contributed by atoms with Gasteiger partial charge in [-0.3, -0.25) is 0 Å². The molecule has 0 saturated carbocycles. The summed E-state index contributed by atoms with van der Waals surface area (Å²) in [5, 5.41) is 16.1. The van der Waals surface area contributed by atoms with E-state index in [1.165, 1.54) is 5.56 Å². The van der Waals surface area contributed by atoms with Gasteiger partial charge in [-0.05, 0) is 37.6 Å². The molecule has 2 aromatic rings. The number of aryl methyl sites for hydroxylation is 2. The molecule has 1 atom stereocenters. The number of nitrogens with one attached hydrogen (secondary N) is 1. The molecule has 4 nitrogen and oxygen atoms in total. The first-order valence-corrected chi connectivity index (χ1v) is 7.14. The van der Waals surface area contributed by atoms with E-state index in [-0.39, 0.29) is 6.10 Å². The third kappa shape index (κ3) is 2.79. The summed E-state index contributed by atoms with van der Waals surface area (Å²) < 4.78 is 0. The molecule has 0 bridgehead atoms. The number of hydrogen-bond donors (Lipinski definition) is 2.